The van der Waals surface area contributed by atoms with Crippen LogP contribution in [0.4, 0.5) is 5.69 Å². The summed E-state index contributed by atoms with van der Waals surface area (Å²) >= 11 is 6.13. The van der Waals surface area contributed by atoms with Crippen LogP contribution in [0.25, 0.3) is 23.3 Å². The lowest BCUT2D eigenvalue weighted by molar-refractivity contribution is -0.116. The van der Waals surface area contributed by atoms with Gasteiger partial charge in [-0.3, -0.25) is 4.79 Å². The Labute approximate surface area is 163 Å². The Hall–Kier alpha value is -3.04. The molecule has 0 aromatic heterocycles. The molecule has 134 valence electrons. The van der Waals surface area contributed by atoms with Gasteiger partial charge in [0.15, 0.2) is 0 Å². The van der Waals surface area contributed by atoms with Gasteiger partial charge in [-0.25, -0.2) is 0 Å². The summed E-state index contributed by atoms with van der Waals surface area (Å²) in [5.74, 6) is 0.167. The number of amides is 1. The van der Waals surface area contributed by atoms with E-state index < -0.39 is 0 Å². The first-order valence-electron chi connectivity index (χ1n) is 8.70. The number of benzene rings is 3. The monoisotopic (exact) mass is 375 g/mol. The van der Waals surface area contributed by atoms with Gasteiger partial charge < -0.3 is 10.0 Å². The number of carbonyl (C=O) groups excluding carboxylic acids is 1. The van der Waals surface area contributed by atoms with Crippen LogP contribution in [0.3, 0.4) is 0 Å². The second kappa shape index (κ2) is 6.93. The summed E-state index contributed by atoms with van der Waals surface area (Å²) in [6.45, 7) is 1.98. The molecule has 0 bridgehead atoms. The fraction of sp³-hybridized carbons (Fsp3) is 0.0870. The van der Waals surface area contributed by atoms with E-state index in [0.717, 1.165) is 33.5 Å². The lowest BCUT2D eigenvalue weighted by Gasteiger charge is -2.26. The maximum Gasteiger partial charge on any atom is 0.224 e. The summed E-state index contributed by atoms with van der Waals surface area (Å²) in [6.07, 6.45) is 3.88. The van der Waals surface area contributed by atoms with Crippen LogP contribution in [-0.2, 0) is 11.3 Å². The van der Waals surface area contributed by atoms with E-state index in [1.165, 1.54) is 0 Å². The number of halogens is 1. The van der Waals surface area contributed by atoms with E-state index >= 15 is 0 Å². The number of aromatic hydroxyl groups is 1. The molecule has 1 amide bonds. The van der Waals surface area contributed by atoms with Crippen LogP contribution < -0.4 is 4.90 Å². The number of anilines is 1. The van der Waals surface area contributed by atoms with Gasteiger partial charge in [0.2, 0.25) is 5.91 Å². The highest BCUT2D eigenvalue weighted by Gasteiger charge is 2.20. The van der Waals surface area contributed by atoms with Crippen molar-refractivity contribution < 1.29 is 9.90 Å². The van der Waals surface area contributed by atoms with Gasteiger partial charge in [0.05, 0.1) is 12.2 Å². The first-order valence-corrected chi connectivity index (χ1v) is 9.08. The molecule has 0 saturated heterocycles. The van der Waals surface area contributed by atoms with Crippen LogP contribution in [0.1, 0.15) is 23.6 Å². The number of carbonyl (C=O) groups is 1. The van der Waals surface area contributed by atoms with E-state index in [1.54, 1.807) is 24.0 Å². The Morgan fingerprint density at radius 2 is 1.74 bits per heavy atom. The second-order valence-electron chi connectivity index (χ2n) is 6.58. The zero-order chi connectivity index (χ0) is 19.0. The van der Waals surface area contributed by atoms with E-state index in [4.69, 9.17) is 11.6 Å². The molecule has 1 heterocycles. The lowest BCUT2D eigenvalue weighted by atomic mass is 9.95. The Kier molecular flexibility index (Phi) is 4.46. The summed E-state index contributed by atoms with van der Waals surface area (Å²) in [6, 6.07) is 18.9. The minimum atomic E-state index is -0.0471. The highest BCUT2D eigenvalue weighted by atomic mass is 35.5. The summed E-state index contributed by atoms with van der Waals surface area (Å²) in [5, 5.41) is 11.2. The fourth-order valence-corrected chi connectivity index (χ4v) is 3.59. The molecule has 0 fully saturated rings. The molecule has 0 atom stereocenters. The van der Waals surface area contributed by atoms with Gasteiger partial charge in [0.25, 0.3) is 0 Å². The molecule has 0 unspecified atom stereocenters. The number of phenols is 1. The van der Waals surface area contributed by atoms with E-state index in [2.05, 4.69) is 0 Å². The first kappa shape index (κ1) is 17.4. The summed E-state index contributed by atoms with van der Waals surface area (Å²) in [5.41, 5.74) is 5.23. The first-order chi connectivity index (χ1) is 13.0. The van der Waals surface area contributed by atoms with Crippen molar-refractivity contribution in [1.29, 1.82) is 0 Å². The minimum Gasteiger partial charge on any atom is -0.507 e. The van der Waals surface area contributed by atoms with E-state index in [1.807, 2.05) is 60.7 Å². The number of hydrogen-bond acceptors (Lipinski definition) is 2. The molecule has 4 heteroatoms. The maximum atomic E-state index is 12.4. The highest BCUT2D eigenvalue weighted by Crippen LogP contribution is 2.36. The molecular weight excluding hydrogens is 358 g/mol. The van der Waals surface area contributed by atoms with Crippen molar-refractivity contribution >= 4 is 35.3 Å². The summed E-state index contributed by atoms with van der Waals surface area (Å²) < 4.78 is 0. The number of rotatable bonds is 1. The van der Waals surface area contributed by atoms with Crippen molar-refractivity contribution in [2.75, 3.05) is 4.90 Å². The van der Waals surface area contributed by atoms with E-state index in [-0.39, 0.29) is 11.7 Å². The van der Waals surface area contributed by atoms with Gasteiger partial charge in [0.1, 0.15) is 5.75 Å². The average Bonchev–Trinajstić information content (AvgIpc) is 2.65. The number of fused-ring (bicyclic) bond motifs is 2. The van der Waals surface area contributed by atoms with Gasteiger partial charge >= 0.3 is 0 Å². The number of nitrogens with zero attached hydrogens (tertiary/aromatic N) is 1. The van der Waals surface area contributed by atoms with Crippen molar-refractivity contribution in [1.82, 2.24) is 0 Å². The van der Waals surface area contributed by atoms with Crippen LogP contribution in [0.2, 0.25) is 5.02 Å². The summed E-state index contributed by atoms with van der Waals surface area (Å²) in [7, 11) is 0. The Bertz CT molecular complexity index is 1060. The van der Waals surface area contributed by atoms with Gasteiger partial charge in [0, 0.05) is 17.5 Å². The maximum absolute atomic E-state index is 12.4. The van der Waals surface area contributed by atoms with Gasteiger partial charge in [-0.1, -0.05) is 54.1 Å². The topological polar surface area (TPSA) is 40.5 Å². The van der Waals surface area contributed by atoms with Crippen molar-refractivity contribution in [2.45, 2.75) is 13.5 Å². The van der Waals surface area contributed by atoms with Gasteiger partial charge in [-0.05, 0) is 52.6 Å². The molecule has 0 saturated carbocycles. The predicted octanol–water partition coefficient (Wildman–Crippen LogP) is 5.75. The summed E-state index contributed by atoms with van der Waals surface area (Å²) in [4.78, 5) is 14.1. The Morgan fingerprint density at radius 1 is 1.00 bits per heavy atom. The predicted molar refractivity (Wildman–Crippen MR) is 111 cm³/mol. The van der Waals surface area contributed by atoms with Gasteiger partial charge in [-0.15, -0.1) is 0 Å². The standard InChI is InChI=1S/C23H18ClNO2/c1-15(26)25-14-19-12-21(16-5-3-2-4-6-16)23(27)13-17(19)7-8-18-11-20(24)9-10-22(18)25/h2-13,27H,14H2,1H3/b8-7-. The Balaban J connectivity index is 1.89. The molecule has 27 heavy (non-hydrogen) atoms. The molecular formula is C23H18ClNO2. The molecule has 3 aromatic carbocycles. The molecule has 4 rings (SSSR count). The van der Waals surface area contributed by atoms with Crippen LogP contribution in [0, 0.1) is 0 Å². The van der Waals surface area contributed by atoms with Crippen molar-refractivity contribution in [3.63, 3.8) is 0 Å². The molecule has 3 aromatic rings. The largest absolute Gasteiger partial charge is 0.507 e. The number of hydrogen-bond donors (Lipinski definition) is 1. The van der Waals surface area contributed by atoms with E-state index in [0.29, 0.717) is 11.6 Å². The van der Waals surface area contributed by atoms with Crippen LogP contribution in [0.15, 0.2) is 60.7 Å². The van der Waals surface area contributed by atoms with Crippen LogP contribution >= 0.6 is 11.6 Å². The minimum absolute atomic E-state index is 0.0471. The third-order valence-corrected chi connectivity index (χ3v) is 5.01. The van der Waals surface area contributed by atoms with Crippen molar-refractivity contribution in [3.05, 3.63) is 82.4 Å². The second-order valence-corrected chi connectivity index (χ2v) is 7.01. The molecule has 3 nitrogen and oxygen atoms in total. The zero-order valence-corrected chi connectivity index (χ0v) is 15.6. The molecule has 0 spiro atoms. The zero-order valence-electron chi connectivity index (χ0n) is 14.8. The van der Waals surface area contributed by atoms with Crippen molar-refractivity contribution in [2.24, 2.45) is 0 Å². The third-order valence-electron chi connectivity index (χ3n) is 4.77. The normalized spacial score (nSPS) is 13.9. The molecule has 1 aliphatic heterocycles. The van der Waals surface area contributed by atoms with Crippen LogP contribution in [0.5, 0.6) is 5.75 Å². The highest BCUT2D eigenvalue weighted by molar-refractivity contribution is 6.30. The Morgan fingerprint density at radius 3 is 2.48 bits per heavy atom. The average molecular weight is 376 g/mol. The van der Waals surface area contributed by atoms with E-state index in [9.17, 15) is 9.90 Å². The lowest BCUT2D eigenvalue weighted by Crippen LogP contribution is -2.29. The third kappa shape index (κ3) is 3.34. The molecule has 0 aliphatic carbocycles. The quantitative estimate of drug-likeness (QED) is 0.588. The fourth-order valence-electron chi connectivity index (χ4n) is 3.41. The molecule has 1 aliphatic rings. The smallest absolute Gasteiger partial charge is 0.224 e. The number of phenolic OH excluding ortho intramolecular Hbond substituents is 1. The van der Waals surface area contributed by atoms with Crippen molar-refractivity contribution in [3.8, 4) is 16.9 Å². The molecule has 1 N–H and O–H groups in total. The van der Waals surface area contributed by atoms with Crippen LogP contribution in [-0.4, -0.2) is 11.0 Å². The SMILES string of the molecule is CC(=O)N1Cc2cc(-c3ccccc3)c(O)cc2/C=C\c2cc(Cl)ccc21. The molecule has 0 radical (unpaired) electrons. The van der Waals surface area contributed by atoms with Gasteiger partial charge in [-0.2, -0.15) is 0 Å².